The second-order valence-electron chi connectivity index (χ2n) is 7.51. The van der Waals surface area contributed by atoms with E-state index in [0.717, 1.165) is 49.9 Å². The Morgan fingerprint density at radius 2 is 1.96 bits per heavy atom. The second-order valence-corrected chi connectivity index (χ2v) is 7.51. The summed E-state index contributed by atoms with van der Waals surface area (Å²) in [4.78, 5) is 26.1. The lowest BCUT2D eigenvalue weighted by molar-refractivity contribution is -0.129. The first-order valence-electron chi connectivity index (χ1n) is 9.01. The molecular weight excluding hydrogens is 286 g/mol. The van der Waals surface area contributed by atoms with Gasteiger partial charge in [0.25, 0.3) is 0 Å². The molecule has 0 N–H and O–H groups in total. The number of ketones is 2. The zero-order valence-electron chi connectivity index (χ0n) is 14.8. The van der Waals surface area contributed by atoms with Gasteiger partial charge in [0, 0.05) is 43.1 Å². The summed E-state index contributed by atoms with van der Waals surface area (Å²) in [6.07, 6.45) is 8.36. The van der Waals surface area contributed by atoms with E-state index in [1.807, 2.05) is 14.0 Å². The fourth-order valence-electron chi connectivity index (χ4n) is 4.01. The van der Waals surface area contributed by atoms with E-state index in [9.17, 15) is 9.59 Å². The Morgan fingerprint density at radius 3 is 2.57 bits per heavy atom. The van der Waals surface area contributed by atoms with E-state index < -0.39 is 0 Å². The van der Waals surface area contributed by atoms with Crippen molar-refractivity contribution in [1.82, 2.24) is 4.90 Å². The van der Waals surface area contributed by atoms with Crippen molar-refractivity contribution in [3.8, 4) is 0 Å². The zero-order valence-corrected chi connectivity index (χ0v) is 14.8. The van der Waals surface area contributed by atoms with Crippen molar-refractivity contribution in [3.05, 3.63) is 24.6 Å². The molecule has 23 heavy (non-hydrogen) atoms. The molecule has 2 aliphatic carbocycles. The Kier molecular flexibility index (Phi) is 6.20. The molecule has 0 bridgehead atoms. The van der Waals surface area contributed by atoms with Gasteiger partial charge in [-0.1, -0.05) is 26.0 Å². The largest absolute Gasteiger partial charge is 0.353 e. The molecule has 2 saturated carbocycles. The highest BCUT2D eigenvalue weighted by molar-refractivity contribution is 5.92. The van der Waals surface area contributed by atoms with Crippen LogP contribution in [0.3, 0.4) is 0 Å². The van der Waals surface area contributed by atoms with Crippen molar-refractivity contribution in [3.63, 3.8) is 0 Å². The molecule has 0 aromatic rings. The van der Waals surface area contributed by atoms with E-state index in [2.05, 4.69) is 18.1 Å². The highest BCUT2D eigenvalue weighted by Gasteiger charge is 2.35. The van der Waals surface area contributed by atoms with Crippen LogP contribution in [0.1, 0.15) is 64.7 Å². The predicted molar refractivity (Wildman–Crippen MR) is 93.8 cm³/mol. The Labute approximate surface area is 140 Å². The van der Waals surface area contributed by atoms with Crippen molar-refractivity contribution >= 4 is 11.6 Å². The minimum Gasteiger partial charge on any atom is -0.353 e. The summed E-state index contributed by atoms with van der Waals surface area (Å²) in [7, 11) is 2.01. The summed E-state index contributed by atoms with van der Waals surface area (Å²) in [6.45, 7) is 10.1. The smallest absolute Gasteiger partial charge is 0.139 e. The fraction of sp³-hybridized carbons (Fsp3) is 0.700. The third kappa shape index (κ3) is 4.79. The SMILES string of the molecule is C=C(C)N(C)C(=C)CCC1CCCC(C(=O)C2CCC(=O)C2)C1. The number of carbonyl (C=O) groups is 2. The third-order valence-electron chi connectivity index (χ3n) is 5.72. The maximum absolute atomic E-state index is 12.6. The summed E-state index contributed by atoms with van der Waals surface area (Å²) >= 11 is 0. The molecule has 3 heteroatoms. The first kappa shape index (κ1) is 18.0. The second kappa shape index (κ2) is 7.94. The van der Waals surface area contributed by atoms with Crippen LogP contribution in [-0.2, 0) is 9.59 Å². The lowest BCUT2D eigenvalue weighted by Crippen LogP contribution is -2.28. The van der Waals surface area contributed by atoms with Gasteiger partial charge in [-0.15, -0.1) is 0 Å². The van der Waals surface area contributed by atoms with Crippen molar-refractivity contribution in [2.75, 3.05) is 7.05 Å². The standard InChI is InChI=1S/C20H31NO2/c1-14(2)21(4)15(3)8-9-16-6-5-7-17(12-16)20(23)18-10-11-19(22)13-18/h16-18H,1,3,5-13H2,2,4H3. The minimum absolute atomic E-state index is 0.0239. The molecule has 128 valence electrons. The van der Waals surface area contributed by atoms with Crippen LogP contribution >= 0.6 is 0 Å². The lowest BCUT2D eigenvalue weighted by Gasteiger charge is -2.30. The molecule has 0 heterocycles. The first-order chi connectivity index (χ1) is 10.9. The molecule has 0 amide bonds. The Bertz CT molecular complexity index is 494. The van der Waals surface area contributed by atoms with Crippen LogP contribution in [-0.4, -0.2) is 23.5 Å². The predicted octanol–water partition coefficient (Wildman–Crippen LogP) is 4.49. The summed E-state index contributed by atoms with van der Waals surface area (Å²) in [5.74, 6) is 1.48. The van der Waals surface area contributed by atoms with Crippen LogP contribution in [0.15, 0.2) is 24.6 Å². The average Bonchev–Trinajstić information content (AvgIpc) is 2.97. The van der Waals surface area contributed by atoms with Gasteiger partial charge in [0.05, 0.1) is 0 Å². The lowest BCUT2D eigenvalue weighted by atomic mass is 9.75. The minimum atomic E-state index is 0.0239. The average molecular weight is 317 g/mol. The van der Waals surface area contributed by atoms with Crippen molar-refractivity contribution < 1.29 is 9.59 Å². The molecular formula is C20H31NO2. The molecule has 2 rings (SSSR count). The summed E-state index contributed by atoms with van der Waals surface area (Å²) in [5.41, 5.74) is 2.12. The molecule has 3 unspecified atom stereocenters. The van der Waals surface area contributed by atoms with Crippen molar-refractivity contribution in [1.29, 1.82) is 0 Å². The molecule has 0 radical (unpaired) electrons. The quantitative estimate of drug-likeness (QED) is 0.694. The van der Waals surface area contributed by atoms with Gasteiger partial charge in [-0.25, -0.2) is 0 Å². The van der Waals surface area contributed by atoms with Crippen molar-refractivity contribution in [2.45, 2.75) is 64.7 Å². The van der Waals surface area contributed by atoms with Gasteiger partial charge in [0.1, 0.15) is 11.6 Å². The number of nitrogens with zero attached hydrogens (tertiary/aromatic N) is 1. The van der Waals surface area contributed by atoms with Crippen LogP contribution in [0.2, 0.25) is 0 Å². The topological polar surface area (TPSA) is 37.4 Å². The van der Waals surface area contributed by atoms with E-state index in [0.29, 0.717) is 24.5 Å². The Morgan fingerprint density at radius 1 is 1.22 bits per heavy atom. The molecule has 0 aromatic carbocycles. The van der Waals surface area contributed by atoms with Gasteiger partial charge in [-0.05, 0) is 44.9 Å². The summed E-state index contributed by atoms with van der Waals surface area (Å²) in [5, 5.41) is 0. The Hall–Kier alpha value is -1.38. The van der Waals surface area contributed by atoms with E-state index in [1.165, 1.54) is 6.42 Å². The Balaban J connectivity index is 1.81. The van der Waals surface area contributed by atoms with Gasteiger partial charge in [0.2, 0.25) is 0 Å². The first-order valence-corrected chi connectivity index (χ1v) is 9.01. The number of carbonyl (C=O) groups excluding carboxylic acids is 2. The molecule has 2 aliphatic rings. The summed E-state index contributed by atoms with van der Waals surface area (Å²) < 4.78 is 0. The molecule has 0 saturated heterocycles. The highest BCUT2D eigenvalue weighted by Crippen LogP contribution is 2.37. The molecule has 0 aromatic heterocycles. The van der Waals surface area contributed by atoms with Crippen LogP contribution in [0, 0.1) is 17.8 Å². The zero-order chi connectivity index (χ0) is 17.0. The molecule has 2 fully saturated rings. The third-order valence-corrected chi connectivity index (χ3v) is 5.72. The van der Waals surface area contributed by atoms with Gasteiger partial charge >= 0.3 is 0 Å². The van der Waals surface area contributed by atoms with E-state index in [1.54, 1.807) is 0 Å². The summed E-state index contributed by atoms with van der Waals surface area (Å²) in [6, 6.07) is 0. The normalized spacial score (nSPS) is 27.7. The van der Waals surface area contributed by atoms with Crippen LogP contribution in [0.4, 0.5) is 0 Å². The molecule has 3 nitrogen and oxygen atoms in total. The van der Waals surface area contributed by atoms with Crippen LogP contribution in [0.5, 0.6) is 0 Å². The van der Waals surface area contributed by atoms with Crippen molar-refractivity contribution in [2.24, 2.45) is 17.8 Å². The maximum Gasteiger partial charge on any atom is 0.139 e. The highest BCUT2D eigenvalue weighted by atomic mass is 16.1. The van der Waals surface area contributed by atoms with Gasteiger partial charge in [-0.3, -0.25) is 9.59 Å². The fourth-order valence-corrected chi connectivity index (χ4v) is 4.01. The number of hydrogen-bond acceptors (Lipinski definition) is 3. The maximum atomic E-state index is 12.6. The van der Waals surface area contributed by atoms with E-state index >= 15 is 0 Å². The monoisotopic (exact) mass is 317 g/mol. The number of allylic oxidation sites excluding steroid dienone is 2. The molecule has 0 spiro atoms. The number of rotatable bonds is 7. The molecule has 3 atom stereocenters. The number of hydrogen-bond donors (Lipinski definition) is 0. The van der Waals surface area contributed by atoms with Gasteiger partial charge < -0.3 is 4.90 Å². The van der Waals surface area contributed by atoms with Gasteiger partial charge in [-0.2, -0.15) is 0 Å². The van der Waals surface area contributed by atoms with Crippen LogP contribution < -0.4 is 0 Å². The molecule has 0 aliphatic heterocycles. The van der Waals surface area contributed by atoms with Gasteiger partial charge in [0.15, 0.2) is 0 Å². The van der Waals surface area contributed by atoms with E-state index in [-0.39, 0.29) is 17.6 Å². The van der Waals surface area contributed by atoms with E-state index in [4.69, 9.17) is 0 Å². The van der Waals surface area contributed by atoms with Crippen LogP contribution in [0.25, 0.3) is 0 Å². The number of Topliss-reactive ketones (excluding diaryl/α,β-unsaturated/α-hetero) is 2.